The van der Waals surface area contributed by atoms with Gasteiger partial charge < -0.3 is 30.7 Å². The molecule has 0 aliphatic carbocycles. The molecule has 1 aliphatic rings. The van der Waals surface area contributed by atoms with Crippen LogP contribution >= 0.6 is 0 Å². The van der Waals surface area contributed by atoms with Gasteiger partial charge in [-0.25, -0.2) is 15.0 Å². The predicted octanol–water partition coefficient (Wildman–Crippen LogP) is 3.63. The Bertz CT molecular complexity index is 1770. The monoisotopic (exact) mass is 595 g/mol. The van der Waals surface area contributed by atoms with Crippen molar-refractivity contribution in [2.24, 2.45) is 5.73 Å². The van der Waals surface area contributed by atoms with Gasteiger partial charge >= 0.3 is 6.36 Å². The van der Waals surface area contributed by atoms with Crippen LogP contribution in [0, 0.1) is 0 Å². The summed E-state index contributed by atoms with van der Waals surface area (Å²) >= 11 is 0. The standard InChI is InChI=1S/C26H24F3N11O3/c1-38(22-6-7-31-24(37-22)34-16-9-33-39(11-16)12-21(30)41)17-8-20-23(32-10-17)40(18-13-42-14-18)25(36-20)35-15-2-4-19(5-3-15)43-26(27,28)29/h2-11,18H,12-14H2,1H3,(H2,30,41)(H,35,36)(H,31,34,37). The third kappa shape index (κ3) is 6.25. The molecular formula is C26H24F3N11O3. The molecule has 5 aromatic rings. The summed E-state index contributed by atoms with van der Waals surface area (Å²) in [5.74, 6) is 0.501. The minimum atomic E-state index is -4.77. The van der Waals surface area contributed by atoms with E-state index in [2.05, 4.69) is 35.4 Å². The Balaban J connectivity index is 1.23. The largest absolute Gasteiger partial charge is 0.573 e. The topological polar surface area (TPSA) is 163 Å². The zero-order valence-corrected chi connectivity index (χ0v) is 22.5. The number of ether oxygens (including phenoxy) is 2. The molecular weight excluding hydrogens is 571 g/mol. The number of primary amides is 1. The first-order valence-corrected chi connectivity index (χ1v) is 12.8. The summed E-state index contributed by atoms with van der Waals surface area (Å²) < 4.78 is 50.3. The number of amides is 1. The fourth-order valence-corrected chi connectivity index (χ4v) is 4.36. The maximum Gasteiger partial charge on any atom is 0.573 e. The normalized spacial score (nSPS) is 13.5. The number of rotatable bonds is 10. The number of carbonyl (C=O) groups excluding carboxylic acids is 1. The molecule has 0 unspecified atom stereocenters. The fraction of sp³-hybridized carbons (Fsp3) is 0.231. The molecule has 17 heteroatoms. The van der Waals surface area contributed by atoms with E-state index in [-0.39, 0.29) is 18.3 Å². The van der Waals surface area contributed by atoms with E-state index in [0.717, 1.165) is 0 Å². The highest BCUT2D eigenvalue weighted by Gasteiger charge is 2.31. The number of nitrogens with one attached hydrogen (secondary N) is 2. The molecule has 14 nitrogen and oxygen atoms in total. The Hall–Kier alpha value is -5.45. The zero-order chi connectivity index (χ0) is 30.1. The van der Waals surface area contributed by atoms with Crippen molar-refractivity contribution in [3.8, 4) is 5.75 Å². The number of nitrogens with zero attached hydrogens (tertiary/aromatic N) is 8. The molecule has 4 aromatic heterocycles. The van der Waals surface area contributed by atoms with Crippen molar-refractivity contribution in [2.45, 2.75) is 18.9 Å². The van der Waals surface area contributed by atoms with Crippen LogP contribution in [0.3, 0.4) is 0 Å². The maximum absolute atomic E-state index is 12.5. The number of aromatic nitrogens is 7. The average Bonchev–Trinajstić information content (AvgIpc) is 3.50. The van der Waals surface area contributed by atoms with Gasteiger partial charge in [0, 0.05) is 25.1 Å². The van der Waals surface area contributed by atoms with Gasteiger partial charge in [0.05, 0.1) is 43.0 Å². The van der Waals surface area contributed by atoms with E-state index < -0.39 is 12.3 Å². The number of halogens is 3. The number of benzene rings is 1. The zero-order valence-electron chi connectivity index (χ0n) is 22.5. The third-order valence-corrected chi connectivity index (χ3v) is 6.42. The number of imidazole rings is 1. The minimum absolute atomic E-state index is 0.0146. The first kappa shape index (κ1) is 27.7. The van der Waals surface area contributed by atoms with Crippen LogP contribution in [0.2, 0.25) is 0 Å². The number of anilines is 6. The molecule has 0 spiro atoms. The van der Waals surface area contributed by atoms with E-state index in [1.807, 2.05) is 22.6 Å². The van der Waals surface area contributed by atoms with E-state index in [1.54, 1.807) is 24.7 Å². The van der Waals surface area contributed by atoms with Crippen LogP contribution < -0.4 is 26.0 Å². The quantitative estimate of drug-likeness (QED) is 0.216. The summed E-state index contributed by atoms with van der Waals surface area (Å²) in [7, 11) is 1.82. The maximum atomic E-state index is 12.5. The highest BCUT2D eigenvalue weighted by molar-refractivity contribution is 5.81. The Kier molecular flexibility index (Phi) is 7.14. The van der Waals surface area contributed by atoms with Crippen molar-refractivity contribution in [3.05, 3.63) is 61.2 Å². The van der Waals surface area contributed by atoms with Crippen molar-refractivity contribution in [1.29, 1.82) is 0 Å². The first-order valence-electron chi connectivity index (χ1n) is 12.8. The van der Waals surface area contributed by atoms with Crippen molar-refractivity contribution in [1.82, 2.24) is 34.3 Å². The van der Waals surface area contributed by atoms with Gasteiger partial charge in [-0.2, -0.15) is 10.1 Å². The molecule has 1 amide bonds. The van der Waals surface area contributed by atoms with Gasteiger partial charge in [0.2, 0.25) is 17.8 Å². The lowest BCUT2D eigenvalue weighted by Gasteiger charge is -2.29. The van der Waals surface area contributed by atoms with Crippen LogP contribution in [0.25, 0.3) is 11.2 Å². The number of alkyl halides is 3. The molecule has 222 valence electrons. The molecule has 0 bridgehead atoms. The van der Waals surface area contributed by atoms with Gasteiger partial charge in [0.15, 0.2) is 5.65 Å². The second-order valence-corrected chi connectivity index (χ2v) is 9.55. The molecule has 0 atom stereocenters. The van der Waals surface area contributed by atoms with Gasteiger partial charge in [-0.1, -0.05) is 0 Å². The van der Waals surface area contributed by atoms with Crippen molar-refractivity contribution >= 4 is 51.8 Å². The highest BCUT2D eigenvalue weighted by atomic mass is 19.4. The molecule has 1 saturated heterocycles. The molecule has 6 rings (SSSR count). The van der Waals surface area contributed by atoms with E-state index >= 15 is 0 Å². The second-order valence-electron chi connectivity index (χ2n) is 9.55. The Morgan fingerprint density at radius 2 is 1.91 bits per heavy atom. The number of hydrogen-bond donors (Lipinski definition) is 3. The molecule has 0 saturated carbocycles. The highest BCUT2D eigenvalue weighted by Crippen LogP contribution is 2.33. The van der Waals surface area contributed by atoms with Crippen molar-refractivity contribution in [2.75, 3.05) is 35.8 Å². The lowest BCUT2D eigenvalue weighted by Crippen LogP contribution is -2.31. The number of pyridine rings is 1. The summed E-state index contributed by atoms with van der Waals surface area (Å²) in [5, 5.41) is 10.3. The van der Waals surface area contributed by atoms with Gasteiger partial charge in [0.1, 0.15) is 23.6 Å². The number of hydrogen-bond acceptors (Lipinski definition) is 11. The molecule has 5 heterocycles. The molecule has 0 radical (unpaired) electrons. The molecule has 1 aromatic carbocycles. The molecule has 4 N–H and O–H groups in total. The third-order valence-electron chi connectivity index (χ3n) is 6.42. The van der Waals surface area contributed by atoms with Crippen LogP contribution in [0.4, 0.5) is 47.9 Å². The lowest BCUT2D eigenvalue weighted by molar-refractivity contribution is -0.274. The van der Waals surface area contributed by atoms with Gasteiger partial charge in [-0.05, 0) is 36.4 Å². The SMILES string of the molecule is CN(c1cnc2c(c1)nc(Nc1ccc(OC(F)(F)F)cc1)n2C1COC1)c1ccnc(Nc2cnn(CC(N)=O)c2)n1. The van der Waals surface area contributed by atoms with E-state index in [1.165, 1.54) is 35.1 Å². The second kappa shape index (κ2) is 11.1. The predicted molar refractivity (Wildman–Crippen MR) is 149 cm³/mol. The summed E-state index contributed by atoms with van der Waals surface area (Å²) in [4.78, 5) is 31.2. The average molecular weight is 596 g/mol. The Labute approximate surface area is 241 Å². The summed E-state index contributed by atoms with van der Waals surface area (Å²) in [5.41, 5.74) is 8.21. The number of fused-ring (bicyclic) bond motifs is 1. The van der Waals surface area contributed by atoms with Crippen LogP contribution in [0.15, 0.2) is 61.2 Å². The van der Waals surface area contributed by atoms with Crippen LogP contribution in [0.1, 0.15) is 6.04 Å². The minimum Gasteiger partial charge on any atom is -0.406 e. The van der Waals surface area contributed by atoms with E-state index in [4.69, 9.17) is 15.5 Å². The van der Waals surface area contributed by atoms with Gasteiger partial charge in [-0.3, -0.25) is 14.0 Å². The lowest BCUT2D eigenvalue weighted by atomic mass is 10.2. The summed E-state index contributed by atoms with van der Waals surface area (Å²) in [6.45, 7) is 0.894. The van der Waals surface area contributed by atoms with Gasteiger partial charge in [-0.15, -0.1) is 13.2 Å². The smallest absolute Gasteiger partial charge is 0.406 e. The van der Waals surface area contributed by atoms with Gasteiger partial charge in [0.25, 0.3) is 0 Å². The molecule has 1 aliphatic heterocycles. The first-order chi connectivity index (χ1) is 20.6. The van der Waals surface area contributed by atoms with E-state index in [0.29, 0.717) is 59.2 Å². The van der Waals surface area contributed by atoms with E-state index in [9.17, 15) is 18.0 Å². The molecule has 1 fully saturated rings. The fourth-order valence-electron chi connectivity index (χ4n) is 4.36. The van der Waals surface area contributed by atoms with Crippen LogP contribution in [-0.4, -0.2) is 66.8 Å². The van der Waals surface area contributed by atoms with Crippen LogP contribution in [0.5, 0.6) is 5.75 Å². The number of nitrogens with two attached hydrogens (primary N) is 1. The van der Waals surface area contributed by atoms with Crippen molar-refractivity contribution in [3.63, 3.8) is 0 Å². The van der Waals surface area contributed by atoms with Crippen LogP contribution in [-0.2, 0) is 16.1 Å². The summed E-state index contributed by atoms with van der Waals surface area (Å²) in [6, 6.07) is 8.95. The Morgan fingerprint density at radius 1 is 1.12 bits per heavy atom. The van der Waals surface area contributed by atoms with Crippen molar-refractivity contribution < 1.29 is 27.4 Å². The number of carbonyl (C=O) groups is 1. The summed E-state index contributed by atoms with van der Waals surface area (Å²) in [6.07, 6.45) is 1.66. The molecule has 43 heavy (non-hydrogen) atoms. The Morgan fingerprint density at radius 3 is 2.60 bits per heavy atom.